The quantitative estimate of drug-likeness (QED) is 0.400. The van der Waals surface area contributed by atoms with Gasteiger partial charge in [-0.15, -0.1) is 0 Å². The predicted molar refractivity (Wildman–Crippen MR) is 115 cm³/mol. The van der Waals surface area contributed by atoms with E-state index in [-0.39, 0.29) is 29.1 Å². The van der Waals surface area contributed by atoms with Gasteiger partial charge in [0.2, 0.25) is 5.75 Å². The maximum absolute atomic E-state index is 12.7. The van der Waals surface area contributed by atoms with E-state index in [1.807, 2.05) is 6.07 Å². The number of nitrogens with zero attached hydrogens (tertiary/aromatic N) is 1. The summed E-state index contributed by atoms with van der Waals surface area (Å²) in [5.41, 5.74) is 1.77. The highest BCUT2D eigenvalue weighted by molar-refractivity contribution is 5.91. The summed E-state index contributed by atoms with van der Waals surface area (Å²) in [5.74, 6) is 0.982. The van der Waals surface area contributed by atoms with Crippen LogP contribution in [0.15, 0.2) is 42.5 Å². The second-order valence-corrected chi connectivity index (χ2v) is 8.04. The molecule has 6 nitrogen and oxygen atoms in total. The van der Waals surface area contributed by atoms with E-state index in [4.69, 9.17) is 18.9 Å². The van der Waals surface area contributed by atoms with Crippen LogP contribution in [0.1, 0.15) is 28.8 Å². The van der Waals surface area contributed by atoms with Crippen molar-refractivity contribution >= 4 is 5.97 Å². The maximum Gasteiger partial charge on any atom is 0.338 e. The number of carbonyl (C=O) groups is 1. The molecule has 2 aromatic carbocycles. The first-order valence-corrected chi connectivity index (χ1v) is 10.4. The average Bonchev–Trinajstić information content (AvgIpc) is 2.79. The number of esters is 1. The van der Waals surface area contributed by atoms with Gasteiger partial charge in [0.25, 0.3) is 0 Å². The van der Waals surface area contributed by atoms with Crippen molar-refractivity contribution in [1.82, 2.24) is 0 Å². The molecule has 0 aromatic heterocycles. The van der Waals surface area contributed by atoms with Gasteiger partial charge in [-0.3, -0.25) is 0 Å². The monoisotopic (exact) mass is 493 g/mol. The van der Waals surface area contributed by atoms with Crippen molar-refractivity contribution in [2.75, 3.05) is 48.0 Å². The van der Waals surface area contributed by atoms with Crippen LogP contribution in [0.3, 0.4) is 0 Å². The zero-order valence-electron chi connectivity index (χ0n) is 18.7. The average molecular weight is 494 g/mol. The zero-order valence-corrected chi connectivity index (χ0v) is 20.3. The Bertz CT molecular complexity index is 825. The highest BCUT2D eigenvalue weighted by Crippen LogP contribution is 2.38. The maximum atomic E-state index is 12.7. The molecule has 0 spiro atoms. The third-order valence-electron chi connectivity index (χ3n) is 5.94. The Hall–Kier alpha value is -2.25. The molecule has 1 heterocycles. The number of methoxy groups -OCH3 is 3. The second kappa shape index (κ2) is 11.4. The van der Waals surface area contributed by atoms with Gasteiger partial charge in [0.05, 0.1) is 53.6 Å². The fraction of sp³-hybridized carbons (Fsp3) is 0.458. The van der Waals surface area contributed by atoms with Gasteiger partial charge in [0.1, 0.15) is 6.10 Å². The Labute approximate surface area is 195 Å². The van der Waals surface area contributed by atoms with Gasteiger partial charge >= 0.3 is 5.97 Å². The van der Waals surface area contributed by atoms with Gasteiger partial charge in [-0.05, 0) is 17.7 Å². The topological polar surface area (TPSA) is 54.0 Å². The number of halogens is 1. The highest BCUT2D eigenvalue weighted by atomic mass is 79.9. The zero-order chi connectivity index (χ0) is 21.6. The molecule has 1 fully saturated rings. The minimum Gasteiger partial charge on any atom is -1.00 e. The number of rotatable bonds is 8. The van der Waals surface area contributed by atoms with Crippen LogP contribution in [-0.2, 0) is 11.2 Å². The minimum absolute atomic E-state index is 0. The number of carbonyl (C=O) groups excluding carboxylic acids is 1. The van der Waals surface area contributed by atoms with Crippen LogP contribution in [0.2, 0.25) is 0 Å². The predicted octanol–water partition coefficient (Wildman–Crippen LogP) is 0.725. The van der Waals surface area contributed by atoms with Gasteiger partial charge in [-0.1, -0.05) is 30.3 Å². The second-order valence-electron chi connectivity index (χ2n) is 8.04. The lowest BCUT2D eigenvalue weighted by molar-refractivity contribution is -0.914. The molecule has 31 heavy (non-hydrogen) atoms. The van der Waals surface area contributed by atoms with Crippen molar-refractivity contribution in [3.63, 3.8) is 0 Å². The molecular weight excluding hydrogens is 462 g/mol. The van der Waals surface area contributed by atoms with Crippen LogP contribution >= 0.6 is 0 Å². The Morgan fingerprint density at radius 2 is 1.55 bits per heavy atom. The summed E-state index contributed by atoms with van der Waals surface area (Å²) >= 11 is 0. The molecule has 1 aliphatic rings. The fourth-order valence-corrected chi connectivity index (χ4v) is 3.97. The fourth-order valence-electron chi connectivity index (χ4n) is 3.97. The Balaban J connectivity index is 0.00000341. The number of likely N-dealkylation sites (tertiary alicyclic amines) is 1. The van der Waals surface area contributed by atoms with Crippen molar-refractivity contribution in [2.45, 2.75) is 25.4 Å². The third kappa shape index (κ3) is 6.37. The van der Waals surface area contributed by atoms with Crippen molar-refractivity contribution in [2.24, 2.45) is 0 Å². The number of ether oxygens (including phenoxy) is 4. The number of hydrogen-bond acceptors (Lipinski definition) is 5. The van der Waals surface area contributed by atoms with Gasteiger partial charge < -0.3 is 40.4 Å². The summed E-state index contributed by atoms with van der Waals surface area (Å²) < 4.78 is 22.8. The van der Waals surface area contributed by atoms with E-state index in [0.717, 1.165) is 43.4 Å². The first-order valence-electron chi connectivity index (χ1n) is 10.4. The molecule has 3 rings (SSSR count). The third-order valence-corrected chi connectivity index (χ3v) is 5.94. The van der Waals surface area contributed by atoms with E-state index in [2.05, 4.69) is 31.3 Å². The smallest absolute Gasteiger partial charge is 0.338 e. The molecule has 170 valence electrons. The molecule has 7 heteroatoms. The van der Waals surface area contributed by atoms with Crippen molar-refractivity contribution in [3.05, 3.63) is 53.6 Å². The van der Waals surface area contributed by atoms with Gasteiger partial charge in [-0.2, -0.15) is 0 Å². The lowest BCUT2D eigenvalue weighted by Gasteiger charge is -2.40. The van der Waals surface area contributed by atoms with Crippen LogP contribution in [0, 0.1) is 0 Å². The lowest BCUT2D eigenvalue weighted by atomic mass is 10.0. The van der Waals surface area contributed by atoms with Gasteiger partial charge in [0, 0.05) is 19.3 Å². The molecule has 0 N–H and O–H groups in total. The Morgan fingerprint density at radius 3 is 2.06 bits per heavy atom. The van der Waals surface area contributed by atoms with Crippen LogP contribution in [0.4, 0.5) is 0 Å². The van der Waals surface area contributed by atoms with Crippen LogP contribution in [0.5, 0.6) is 17.2 Å². The van der Waals surface area contributed by atoms with Gasteiger partial charge in [-0.25, -0.2) is 4.79 Å². The highest BCUT2D eigenvalue weighted by Gasteiger charge is 2.32. The summed E-state index contributed by atoms with van der Waals surface area (Å²) in [6.45, 7) is 3.09. The van der Waals surface area contributed by atoms with Crippen molar-refractivity contribution in [3.8, 4) is 17.2 Å². The summed E-state index contributed by atoms with van der Waals surface area (Å²) in [4.78, 5) is 12.7. The van der Waals surface area contributed by atoms with Crippen molar-refractivity contribution in [1.29, 1.82) is 0 Å². The summed E-state index contributed by atoms with van der Waals surface area (Å²) in [6.07, 6.45) is 2.72. The number of likely N-dealkylation sites (N-methyl/N-ethyl adjacent to an activating group) is 1. The normalized spacial score (nSPS) is 20.3. The molecule has 2 aromatic rings. The first kappa shape index (κ1) is 25.0. The summed E-state index contributed by atoms with van der Waals surface area (Å²) in [6, 6.07) is 13.8. The molecule has 0 radical (unpaired) electrons. The first-order chi connectivity index (χ1) is 14.5. The molecule has 1 aliphatic heterocycles. The van der Waals surface area contributed by atoms with E-state index in [1.54, 1.807) is 12.1 Å². The van der Waals surface area contributed by atoms with Gasteiger partial charge in [0.15, 0.2) is 11.5 Å². The molecule has 0 unspecified atom stereocenters. The molecule has 0 amide bonds. The standard InChI is InChI=1S/C24H32NO5.BrH/c1-25(13-10-18-8-6-5-7-9-18)14-11-20(12-15-25)30-24(26)19-16-21(27-2)23(29-4)22(17-19)28-3;/h5-9,16-17,20H,10-15H2,1-4H3;1H/q+1;/p-1. The molecule has 0 saturated carbocycles. The molecule has 1 saturated heterocycles. The molecular formula is C24H32BrNO5. The lowest BCUT2D eigenvalue weighted by Crippen LogP contribution is -3.00. The van der Waals surface area contributed by atoms with E-state index in [1.165, 1.54) is 26.9 Å². The minimum atomic E-state index is -0.361. The Kier molecular flexibility index (Phi) is 9.19. The number of quaternary nitrogens is 1. The van der Waals surface area contributed by atoms with E-state index < -0.39 is 0 Å². The number of hydrogen-bond donors (Lipinski definition) is 0. The Morgan fingerprint density at radius 1 is 0.968 bits per heavy atom. The molecule has 0 aliphatic carbocycles. The molecule has 0 atom stereocenters. The van der Waals surface area contributed by atoms with E-state index in [9.17, 15) is 4.79 Å². The largest absolute Gasteiger partial charge is 1.00 e. The van der Waals surface area contributed by atoms with E-state index in [0.29, 0.717) is 22.8 Å². The van der Waals surface area contributed by atoms with Crippen LogP contribution < -0.4 is 31.2 Å². The van der Waals surface area contributed by atoms with Crippen LogP contribution in [-0.4, -0.2) is 64.6 Å². The summed E-state index contributed by atoms with van der Waals surface area (Å²) in [5, 5.41) is 0. The van der Waals surface area contributed by atoms with E-state index >= 15 is 0 Å². The SMILES string of the molecule is COc1cc(C(=O)OC2CC[N+](C)(CCc3ccccc3)CC2)cc(OC)c1OC.[Br-]. The summed E-state index contributed by atoms with van der Waals surface area (Å²) in [7, 11) is 6.89. The molecule has 0 bridgehead atoms. The van der Waals surface area contributed by atoms with Crippen LogP contribution in [0.25, 0.3) is 0 Å². The number of benzene rings is 2. The number of piperidine rings is 1. The van der Waals surface area contributed by atoms with Crippen molar-refractivity contribution < 1.29 is 45.2 Å².